The molecule has 2 atom stereocenters. The van der Waals surface area contributed by atoms with Crippen LogP contribution in [0.5, 0.6) is 0 Å². The monoisotopic (exact) mass is 539 g/mol. The predicted molar refractivity (Wildman–Crippen MR) is 144 cm³/mol. The first kappa shape index (κ1) is 29.5. The van der Waals surface area contributed by atoms with E-state index in [4.69, 9.17) is 20.9 Å². The minimum Gasteiger partial charge on any atom is -0.443 e. The summed E-state index contributed by atoms with van der Waals surface area (Å²) in [6.07, 6.45) is 0.562. The molecule has 1 aliphatic heterocycles. The lowest BCUT2D eigenvalue weighted by Crippen LogP contribution is -2.51. The van der Waals surface area contributed by atoms with Crippen molar-refractivity contribution in [2.75, 3.05) is 13.2 Å². The summed E-state index contributed by atoms with van der Waals surface area (Å²) in [6, 6.07) is 13.6. The number of fused-ring (bicyclic) bond motifs is 1. The Balaban J connectivity index is 0.00000420. The van der Waals surface area contributed by atoms with Crippen molar-refractivity contribution in [3.8, 4) is 0 Å². The Kier molecular flexibility index (Phi) is 9.60. The topological polar surface area (TPSA) is 167 Å². The van der Waals surface area contributed by atoms with Gasteiger partial charge in [0.25, 0.3) is 0 Å². The number of nitrogens with zero attached hydrogens (tertiary/aromatic N) is 4. The Morgan fingerprint density at radius 2 is 1.85 bits per heavy atom. The number of benzene rings is 1. The van der Waals surface area contributed by atoms with E-state index in [-0.39, 0.29) is 20.6 Å². The van der Waals surface area contributed by atoms with Crippen molar-refractivity contribution >= 4 is 23.6 Å². The van der Waals surface area contributed by atoms with Crippen molar-refractivity contribution in [3.63, 3.8) is 0 Å². The van der Waals surface area contributed by atoms with E-state index in [9.17, 15) is 14.4 Å². The predicted octanol–water partition coefficient (Wildman–Crippen LogP) is 2.06. The van der Waals surface area contributed by atoms with E-state index in [1.54, 1.807) is 36.4 Å². The van der Waals surface area contributed by atoms with Crippen LogP contribution in [0.1, 0.15) is 57.2 Å². The molecule has 1 aromatic carbocycles. The lowest BCUT2D eigenvalue weighted by molar-refractivity contribution is -0.126. The van der Waals surface area contributed by atoms with Gasteiger partial charge < -0.3 is 26.3 Å². The highest BCUT2D eigenvalue weighted by Gasteiger charge is 2.34. The molecule has 1 fully saturated rings. The first-order chi connectivity index (χ1) is 18.1. The first-order valence-electron chi connectivity index (χ1n) is 12.4. The van der Waals surface area contributed by atoms with Crippen molar-refractivity contribution in [1.82, 2.24) is 24.8 Å². The van der Waals surface area contributed by atoms with Gasteiger partial charge in [-0.05, 0) is 44.4 Å². The number of hydrogen-bond acceptors (Lipinski definition) is 8. The highest BCUT2D eigenvalue weighted by molar-refractivity contribution is 5.85. The normalized spacial score (nSPS) is 16.0. The number of likely N-dealkylation sites (tertiary alicyclic amines) is 1. The van der Waals surface area contributed by atoms with Gasteiger partial charge in [0.1, 0.15) is 18.7 Å². The molecule has 210 valence electrons. The molecule has 3 heterocycles. The highest BCUT2D eigenvalue weighted by atomic mass is 16.6. The lowest BCUT2D eigenvalue weighted by atomic mass is 10.1. The molecule has 4 rings (SSSR count). The third kappa shape index (κ3) is 7.09. The summed E-state index contributed by atoms with van der Waals surface area (Å²) in [4.78, 5) is 38.6. The summed E-state index contributed by atoms with van der Waals surface area (Å²) in [5, 5.41) is 11.5. The van der Waals surface area contributed by atoms with Crippen LogP contribution in [0.2, 0.25) is 0 Å². The number of ether oxygens (including phenoxy) is 2. The molecule has 0 bridgehead atoms. The van der Waals surface area contributed by atoms with Crippen LogP contribution in [-0.2, 0) is 32.3 Å². The minimum atomic E-state index is -1.14. The Hall–Kier alpha value is -4.03. The Morgan fingerprint density at radius 1 is 1.10 bits per heavy atom. The van der Waals surface area contributed by atoms with E-state index < -0.39 is 35.5 Å². The molecule has 0 spiro atoms. The summed E-state index contributed by atoms with van der Waals surface area (Å²) in [7, 11) is 0. The molecule has 0 radical (unpaired) electrons. The fourth-order valence-corrected chi connectivity index (χ4v) is 4.26. The molecule has 12 heteroatoms. The molecule has 3 aromatic rings. The summed E-state index contributed by atoms with van der Waals surface area (Å²) in [5.74, 6) is -0.550. The van der Waals surface area contributed by atoms with E-state index in [0.717, 1.165) is 5.56 Å². The maximum atomic E-state index is 12.8. The smallest absolute Gasteiger partial charge is 0.410 e. The van der Waals surface area contributed by atoms with Gasteiger partial charge in [-0.3, -0.25) is 18.9 Å². The van der Waals surface area contributed by atoms with Crippen LogP contribution in [0.3, 0.4) is 0 Å². The second-order valence-corrected chi connectivity index (χ2v) is 9.83. The lowest BCUT2D eigenvalue weighted by Gasteiger charge is -2.24. The van der Waals surface area contributed by atoms with Gasteiger partial charge in [0, 0.05) is 6.54 Å². The summed E-state index contributed by atoms with van der Waals surface area (Å²) >= 11 is 0. The van der Waals surface area contributed by atoms with E-state index in [2.05, 4.69) is 15.5 Å². The van der Waals surface area contributed by atoms with Gasteiger partial charge in [-0.25, -0.2) is 4.79 Å². The van der Waals surface area contributed by atoms with Crippen LogP contribution >= 0.6 is 0 Å². The first-order valence-corrected chi connectivity index (χ1v) is 12.4. The number of amides is 3. The zero-order chi connectivity index (χ0) is 27.3. The molecular weight excluding hydrogens is 502 g/mol. The van der Waals surface area contributed by atoms with E-state index >= 15 is 0 Å². The number of rotatable bonds is 10. The molecule has 3 amide bonds. The van der Waals surface area contributed by atoms with Crippen molar-refractivity contribution < 1.29 is 23.9 Å². The van der Waals surface area contributed by atoms with Crippen LogP contribution in [0.25, 0.3) is 5.65 Å². The molecular formula is C27H37N7O5. The number of pyridine rings is 1. The zero-order valence-electron chi connectivity index (χ0n) is 21.5. The van der Waals surface area contributed by atoms with Crippen molar-refractivity contribution in [2.24, 2.45) is 11.5 Å². The number of nitrogens with one attached hydrogen (secondary N) is 1. The number of hydrogen-bond donors (Lipinski definition) is 3. The number of carbonyl (C=O) groups excluding carboxylic acids is 3. The van der Waals surface area contributed by atoms with Crippen LogP contribution in [0.15, 0.2) is 48.5 Å². The molecule has 0 saturated carbocycles. The third-order valence-corrected chi connectivity index (χ3v) is 6.29. The van der Waals surface area contributed by atoms with Crippen molar-refractivity contribution in [3.05, 3.63) is 65.6 Å². The van der Waals surface area contributed by atoms with Crippen LogP contribution in [0, 0.1) is 0 Å². The van der Waals surface area contributed by atoms with Gasteiger partial charge >= 0.3 is 6.09 Å². The fourth-order valence-electron chi connectivity index (χ4n) is 4.26. The van der Waals surface area contributed by atoms with E-state index in [1.165, 1.54) is 4.90 Å². The van der Waals surface area contributed by atoms with E-state index in [0.29, 0.717) is 43.2 Å². The van der Waals surface area contributed by atoms with Crippen LogP contribution in [0.4, 0.5) is 4.79 Å². The number of primary amides is 1. The Morgan fingerprint density at radius 3 is 2.54 bits per heavy atom. The second-order valence-electron chi connectivity index (χ2n) is 9.83. The number of nitrogens with two attached hydrogens (primary N) is 2. The van der Waals surface area contributed by atoms with Crippen LogP contribution in [-0.4, -0.2) is 62.1 Å². The highest BCUT2D eigenvalue weighted by Crippen LogP contribution is 2.21. The second kappa shape index (κ2) is 12.7. The minimum absolute atomic E-state index is 0. The molecule has 12 nitrogen and oxygen atoms in total. The molecule has 0 unspecified atom stereocenters. The number of carbonyl (C=O) groups is 3. The Bertz CT molecular complexity index is 1290. The summed E-state index contributed by atoms with van der Waals surface area (Å²) in [5.41, 5.74) is 12.4. The van der Waals surface area contributed by atoms with E-state index in [1.807, 2.05) is 30.3 Å². The standard InChI is InChI=1S/C26H33N7O5.CH4/c1-26(2,28)24(35)29-19(16-37-14-17-8-4-3-5-9-17)23-31-30-21-12-6-10-18(33(21)23)15-38-25(36)32-13-7-11-20(32)22(27)34;/h3-6,8-10,12,19-20H,7,11,13-16,28H2,1-2H3,(H2,27,34)(H,29,35);1H4/t19-,20-;/m1./s1. The SMILES string of the molecule is C.CC(C)(N)C(=O)N[C@H](COCc1ccccc1)c1nnc2cccc(COC(=O)N3CCC[C@@H]3C(N)=O)n12. The molecule has 1 aliphatic rings. The van der Waals surface area contributed by atoms with Gasteiger partial charge in [0.05, 0.1) is 24.4 Å². The summed E-state index contributed by atoms with van der Waals surface area (Å²) in [6.45, 7) is 3.92. The molecule has 2 aromatic heterocycles. The fraction of sp³-hybridized carbons (Fsp3) is 0.444. The van der Waals surface area contributed by atoms with Crippen molar-refractivity contribution in [2.45, 2.75) is 65.0 Å². The third-order valence-electron chi connectivity index (χ3n) is 6.29. The molecule has 1 saturated heterocycles. The van der Waals surface area contributed by atoms with Gasteiger partial charge in [-0.15, -0.1) is 10.2 Å². The molecule has 0 aliphatic carbocycles. The van der Waals surface area contributed by atoms with Gasteiger partial charge in [-0.1, -0.05) is 43.8 Å². The summed E-state index contributed by atoms with van der Waals surface area (Å²) < 4.78 is 13.2. The van der Waals surface area contributed by atoms with Gasteiger partial charge in [-0.2, -0.15) is 0 Å². The zero-order valence-corrected chi connectivity index (χ0v) is 21.5. The average Bonchev–Trinajstić information content (AvgIpc) is 3.55. The quantitative estimate of drug-likeness (QED) is 0.352. The van der Waals surface area contributed by atoms with Crippen LogP contribution < -0.4 is 16.8 Å². The molecule has 5 N–H and O–H groups in total. The van der Waals surface area contributed by atoms with Crippen molar-refractivity contribution in [1.29, 1.82) is 0 Å². The molecule has 39 heavy (non-hydrogen) atoms. The van der Waals surface area contributed by atoms with Gasteiger partial charge in [0.2, 0.25) is 11.8 Å². The maximum Gasteiger partial charge on any atom is 0.410 e. The largest absolute Gasteiger partial charge is 0.443 e. The Labute approximate surface area is 227 Å². The maximum absolute atomic E-state index is 12.8. The van der Waals surface area contributed by atoms with Gasteiger partial charge in [0.15, 0.2) is 11.5 Å². The average molecular weight is 540 g/mol. The number of aromatic nitrogens is 3.